The Kier molecular flexibility index (Phi) is 5.22. The van der Waals surface area contributed by atoms with Gasteiger partial charge in [-0.2, -0.15) is 0 Å². The molecule has 1 N–H and O–H groups in total. The molecule has 2 nitrogen and oxygen atoms in total. The fraction of sp³-hybridized carbons (Fsp3) is 0.667. The van der Waals surface area contributed by atoms with Crippen molar-refractivity contribution in [1.29, 1.82) is 0 Å². The number of hydrogen-bond acceptors (Lipinski definition) is 2. The van der Waals surface area contributed by atoms with Crippen molar-refractivity contribution in [3.63, 3.8) is 0 Å². The van der Waals surface area contributed by atoms with E-state index in [2.05, 4.69) is 50.4 Å². The van der Waals surface area contributed by atoms with Gasteiger partial charge in [0.1, 0.15) is 0 Å². The Bertz CT molecular complexity index is 423. The van der Waals surface area contributed by atoms with Crippen molar-refractivity contribution < 1.29 is 4.74 Å². The van der Waals surface area contributed by atoms with Crippen LogP contribution in [0.3, 0.4) is 0 Å². The van der Waals surface area contributed by atoms with Gasteiger partial charge in [-0.3, -0.25) is 0 Å². The highest BCUT2D eigenvalue weighted by Gasteiger charge is 2.24. The summed E-state index contributed by atoms with van der Waals surface area (Å²) in [6.45, 7) is 7.62. The van der Waals surface area contributed by atoms with Crippen LogP contribution in [-0.2, 0) is 4.74 Å². The molecule has 1 aliphatic rings. The van der Waals surface area contributed by atoms with Crippen molar-refractivity contribution in [1.82, 2.24) is 5.32 Å². The lowest BCUT2D eigenvalue weighted by Crippen LogP contribution is -2.27. The quantitative estimate of drug-likeness (QED) is 0.773. The van der Waals surface area contributed by atoms with E-state index in [1.807, 2.05) is 7.11 Å². The number of rotatable bonds is 8. The molecule has 0 bridgehead atoms. The van der Waals surface area contributed by atoms with Crippen LogP contribution in [0.5, 0.6) is 0 Å². The minimum absolute atomic E-state index is 0.0261. The Balaban J connectivity index is 1.99. The van der Waals surface area contributed by atoms with Gasteiger partial charge in [0.25, 0.3) is 0 Å². The molecular weight excluding hydrogens is 246 g/mol. The van der Waals surface area contributed by atoms with Crippen LogP contribution in [-0.4, -0.2) is 25.3 Å². The van der Waals surface area contributed by atoms with Gasteiger partial charge in [0, 0.05) is 19.7 Å². The molecule has 0 aromatic heterocycles. The topological polar surface area (TPSA) is 21.3 Å². The number of hydrogen-bond donors (Lipinski definition) is 1. The molecule has 0 amide bonds. The van der Waals surface area contributed by atoms with Gasteiger partial charge >= 0.3 is 0 Å². The fourth-order valence-electron chi connectivity index (χ4n) is 2.53. The first-order valence-corrected chi connectivity index (χ1v) is 7.85. The van der Waals surface area contributed by atoms with Crippen molar-refractivity contribution in [3.8, 4) is 0 Å². The number of nitrogens with one attached hydrogen (secondary N) is 1. The average Bonchev–Trinajstić information content (AvgIpc) is 3.23. The summed E-state index contributed by atoms with van der Waals surface area (Å²) >= 11 is 0. The van der Waals surface area contributed by atoms with Crippen LogP contribution in [0, 0.1) is 6.92 Å². The maximum atomic E-state index is 5.57. The van der Waals surface area contributed by atoms with E-state index in [-0.39, 0.29) is 5.60 Å². The third-order valence-electron chi connectivity index (χ3n) is 4.39. The number of ether oxygens (including phenoxy) is 1. The maximum Gasteiger partial charge on any atom is 0.0623 e. The molecule has 1 atom stereocenters. The predicted molar refractivity (Wildman–Crippen MR) is 85.3 cm³/mol. The second kappa shape index (κ2) is 6.73. The molecule has 0 radical (unpaired) electrons. The Hall–Kier alpha value is -0.860. The molecule has 0 spiro atoms. The Morgan fingerprint density at radius 3 is 2.70 bits per heavy atom. The SMILES string of the molecule is COC(C)(C)CCC(CNC1CC1)c1cccc(C)c1. The van der Waals surface area contributed by atoms with Crippen LogP contribution >= 0.6 is 0 Å². The lowest BCUT2D eigenvalue weighted by Gasteiger charge is -2.26. The maximum absolute atomic E-state index is 5.57. The Labute approximate surface area is 123 Å². The molecule has 1 unspecified atom stereocenters. The third kappa shape index (κ3) is 4.92. The first kappa shape index (κ1) is 15.5. The van der Waals surface area contributed by atoms with Gasteiger partial charge in [-0.15, -0.1) is 0 Å². The van der Waals surface area contributed by atoms with Crippen molar-refractivity contribution in [2.75, 3.05) is 13.7 Å². The fourth-order valence-corrected chi connectivity index (χ4v) is 2.53. The smallest absolute Gasteiger partial charge is 0.0623 e. The molecule has 20 heavy (non-hydrogen) atoms. The molecule has 1 aliphatic carbocycles. The lowest BCUT2D eigenvalue weighted by atomic mass is 9.89. The van der Waals surface area contributed by atoms with Crippen molar-refractivity contribution in [2.24, 2.45) is 0 Å². The van der Waals surface area contributed by atoms with Gasteiger partial charge in [0.15, 0.2) is 0 Å². The van der Waals surface area contributed by atoms with Crippen molar-refractivity contribution in [3.05, 3.63) is 35.4 Å². The molecular formula is C18H29NO. The third-order valence-corrected chi connectivity index (χ3v) is 4.39. The number of benzene rings is 1. The first-order valence-electron chi connectivity index (χ1n) is 7.85. The summed E-state index contributed by atoms with van der Waals surface area (Å²) in [7, 11) is 1.81. The number of methoxy groups -OCH3 is 1. The molecule has 0 heterocycles. The van der Waals surface area contributed by atoms with Gasteiger partial charge in [-0.1, -0.05) is 29.8 Å². The van der Waals surface area contributed by atoms with Crippen LogP contribution in [0.2, 0.25) is 0 Å². The standard InChI is InChI=1S/C18H29NO/c1-14-6-5-7-15(12-14)16(13-19-17-8-9-17)10-11-18(2,3)20-4/h5-7,12,16-17,19H,8-11,13H2,1-4H3. The van der Waals surface area contributed by atoms with E-state index >= 15 is 0 Å². The van der Waals surface area contributed by atoms with Gasteiger partial charge in [0.2, 0.25) is 0 Å². The highest BCUT2D eigenvalue weighted by Crippen LogP contribution is 2.28. The van der Waals surface area contributed by atoms with E-state index in [1.165, 1.54) is 30.4 Å². The molecule has 1 aromatic carbocycles. The van der Waals surface area contributed by atoms with E-state index in [1.54, 1.807) is 0 Å². The molecule has 2 rings (SSSR count). The normalized spacial score (nSPS) is 17.2. The zero-order valence-corrected chi connectivity index (χ0v) is 13.4. The van der Waals surface area contributed by atoms with Gasteiger partial charge < -0.3 is 10.1 Å². The molecule has 1 saturated carbocycles. The van der Waals surface area contributed by atoms with Crippen LogP contribution < -0.4 is 5.32 Å². The van der Waals surface area contributed by atoms with Crippen molar-refractivity contribution >= 4 is 0 Å². The summed E-state index contributed by atoms with van der Waals surface area (Å²) < 4.78 is 5.57. The van der Waals surface area contributed by atoms with Crippen LogP contribution in [0.15, 0.2) is 24.3 Å². The summed E-state index contributed by atoms with van der Waals surface area (Å²) in [5, 5.41) is 3.69. The number of aryl methyl sites for hydroxylation is 1. The zero-order valence-electron chi connectivity index (χ0n) is 13.4. The van der Waals surface area contributed by atoms with Crippen LogP contribution in [0.25, 0.3) is 0 Å². The monoisotopic (exact) mass is 275 g/mol. The second-order valence-corrected chi connectivity index (χ2v) is 6.80. The van der Waals surface area contributed by atoms with E-state index in [0.717, 1.165) is 19.0 Å². The summed E-state index contributed by atoms with van der Waals surface area (Å²) in [5.74, 6) is 0.588. The summed E-state index contributed by atoms with van der Waals surface area (Å²) in [4.78, 5) is 0. The minimum atomic E-state index is -0.0261. The molecule has 0 saturated heterocycles. The largest absolute Gasteiger partial charge is 0.379 e. The zero-order chi connectivity index (χ0) is 14.6. The van der Waals surface area contributed by atoms with E-state index < -0.39 is 0 Å². The van der Waals surface area contributed by atoms with E-state index in [0.29, 0.717) is 5.92 Å². The van der Waals surface area contributed by atoms with Crippen molar-refractivity contribution in [2.45, 2.75) is 64.0 Å². The molecule has 112 valence electrons. The van der Waals surface area contributed by atoms with Gasteiger partial charge in [-0.25, -0.2) is 0 Å². The highest BCUT2D eigenvalue weighted by atomic mass is 16.5. The Morgan fingerprint density at radius 2 is 2.10 bits per heavy atom. The molecule has 2 heteroatoms. The minimum Gasteiger partial charge on any atom is -0.379 e. The van der Waals surface area contributed by atoms with E-state index in [4.69, 9.17) is 4.74 Å². The Morgan fingerprint density at radius 1 is 1.35 bits per heavy atom. The molecule has 0 aliphatic heterocycles. The summed E-state index contributed by atoms with van der Waals surface area (Å²) in [6.07, 6.45) is 4.96. The summed E-state index contributed by atoms with van der Waals surface area (Å²) in [6, 6.07) is 9.73. The van der Waals surface area contributed by atoms with Crippen LogP contribution in [0.4, 0.5) is 0 Å². The van der Waals surface area contributed by atoms with Crippen LogP contribution in [0.1, 0.15) is 56.6 Å². The lowest BCUT2D eigenvalue weighted by molar-refractivity contribution is 0.0124. The molecule has 1 fully saturated rings. The highest BCUT2D eigenvalue weighted by molar-refractivity contribution is 5.26. The second-order valence-electron chi connectivity index (χ2n) is 6.80. The first-order chi connectivity index (χ1) is 9.50. The van der Waals surface area contributed by atoms with Gasteiger partial charge in [-0.05, 0) is 57.9 Å². The van der Waals surface area contributed by atoms with E-state index in [9.17, 15) is 0 Å². The molecule has 1 aromatic rings. The average molecular weight is 275 g/mol. The summed E-state index contributed by atoms with van der Waals surface area (Å²) in [5.41, 5.74) is 2.79. The predicted octanol–water partition coefficient (Wildman–Crippen LogP) is 4.04. The van der Waals surface area contributed by atoms with Gasteiger partial charge in [0.05, 0.1) is 5.60 Å².